The highest BCUT2D eigenvalue weighted by Gasteiger charge is 1.98. The lowest BCUT2D eigenvalue weighted by Crippen LogP contribution is -2.05. The van der Waals surface area contributed by atoms with Gasteiger partial charge in [-0.2, -0.15) is 0 Å². The van der Waals surface area contributed by atoms with Gasteiger partial charge < -0.3 is 14.6 Å². The molecule has 0 aromatic rings. The summed E-state index contributed by atoms with van der Waals surface area (Å²) in [6.07, 6.45) is 2.34. The van der Waals surface area contributed by atoms with Gasteiger partial charge in [0.05, 0.1) is 13.7 Å². The van der Waals surface area contributed by atoms with Crippen molar-refractivity contribution in [1.29, 1.82) is 0 Å². The van der Waals surface area contributed by atoms with Crippen molar-refractivity contribution in [3.63, 3.8) is 0 Å². The number of esters is 2. The smallest absolute Gasteiger partial charge is 0.331 e. The molecular weight excluding hydrogens is 176 g/mol. The maximum Gasteiger partial charge on any atom is 0.331 e. The zero-order chi connectivity index (χ0) is 10.1. The number of aliphatic hydroxyl groups is 1. The molecule has 0 aliphatic heterocycles. The third kappa shape index (κ3) is 7.02. The molecule has 0 heterocycles. The van der Waals surface area contributed by atoms with Crippen molar-refractivity contribution >= 4 is 11.9 Å². The zero-order valence-corrected chi connectivity index (χ0v) is 7.36. The molecule has 0 aromatic carbocycles. The minimum absolute atomic E-state index is 0.0337. The van der Waals surface area contributed by atoms with E-state index in [1.54, 1.807) is 0 Å². The molecule has 13 heavy (non-hydrogen) atoms. The van der Waals surface area contributed by atoms with Crippen LogP contribution in [0.4, 0.5) is 0 Å². The Morgan fingerprint density at radius 2 is 1.92 bits per heavy atom. The second-order valence-electron chi connectivity index (χ2n) is 2.10. The van der Waals surface area contributed by atoms with Gasteiger partial charge >= 0.3 is 11.9 Å². The number of aliphatic hydroxyl groups excluding tert-OH is 1. The lowest BCUT2D eigenvalue weighted by atomic mass is 10.5. The second-order valence-corrected chi connectivity index (χ2v) is 2.10. The summed E-state index contributed by atoms with van der Waals surface area (Å²) in [6.45, 7) is 0.106. The van der Waals surface area contributed by atoms with Crippen LogP contribution in [0.2, 0.25) is 0 Å². The first kappa shape index (κ1) is 11.6. The summed E-state index contributed by atoms with van der Waals surface area (Å²) >= 11 is 0. The fourth-order valence-electron chi connectivity index (χ4n) is 0.490. The van der Waals surface area contributed by atoms with E-state index in [1.807, 2.05) is 0 Å². The number of carbonyl (C=O) groups excluding carboxylic acids is 2. The van der Waals surface area contributed by atoms with E-state index in [9.17, 15) is 9.59 Å². The summed E-state index contributed by atoms with van der Waals surface area (Å²) < 4.78 is 8.84. The normalized spacial score (nSPS) is 10.0. The highest BCUT2D eigenvalue weighted by molar-refractivity contribution is 5.91. The SMILES string of the molecule is COC(=O)/C=C/C(=O)OCCCO. The molecule has 0 aliphatic rings. The number of hydrogen-bond donors (Lipinski definition) is 1. The lowest BCUT2D eigenvalue weighted by Gasteiger charge is -1.98. The molecule has 0 saturated carbocycles. The zero-order valence-electron chi connectivity index (χ0n) is 7.36. The van der Waals surface area contributed by atoms with E-state index in [4.69, 9.17) is 5.11 Å². The van der Waals surface area contributed by atoms with Crippen LogP contribution < -0.4 is 0 Å². The predicted molar refractivity (Wildman–Crippen MR) is 43.8 cm³/mol. The van der Waals surface area contributed by atoms with Gasteiger partial charge in [-0.05, 0) is 0 Å². The third-order valence-electron chi connectivity index (χ3n) is 1.10. The molecule has 0 aromatic heterocycles. The van der Waals surface area contributed by atoms with Crippen molar-refractivity contribution in [3.05, 3.63) is 12.2 Å². The van der Waals surface area contributed by atoms with E-state index in [0.717, 1.165) is 12.2 Å². The lowest BCUT2D eigenvalue weighted by molar-refractivity contribution is -0.139. The Labute approximate surface area is 75.9 Å². The largest absolute Gasteiger partial charge is 0.466 e. The van der Waals surface area contributed by atoms with Gasteiger partial charge in [0.1, 0.15) is 0 Å². The van der Waals surface area contributed by atoms with Gasteiger partial charge in [-0.3, -0.25) is 0 Å². The molecule has 0 amide bonds. The van der Waals surface area contributed by atoms with Crippen LogP contribution in [0.1, 0.15) is 6.42 Å². The molecule has 0 rings (SSSR count). The molecular formula is C8H12O5. The van der Waals surface area contributed by atoms with Crippen molar-refractivity contribution in [3.8, 4) is 0 Å². The van der Waals surface area contributed by atoms with Crippen LogP contribution in [-0.2, 0) is 19.1 Å². The minimum Gasteiger partial charge on any atom is -0.466 e. The fourth-order valence-corrected chi connectivity index (χ4v) is 0.490. The highest BCUT2D eigenvalue weighted by atomic mass is 16.5. The number of methoxy groups -OCH3 is 1. The number of hydrogen-bond acceptors (Lipinski definition) is 5. The molecule has 5 nitrogen and oxygen atoms in total. The number of rotatable bonds is 5. The van der Waals surface area contributed by atoms with Gasteiger partial charge in [0.25, 0.3) is 0 Å². The molecule has 0 spiro atoms. The van der Waals surface area contributed by atoms with Crippen LogP contribution in [-0.4, -0.2) is 37.4 Å². The maximum absolute atomic E-state index is 10.7. The van der Waals surface area contributed by atoms with Gasteiger partial charge in [0.2, 0.25) is 0 Å². The summed E-state index contributed by atoms with van der Waals surface area (Å²) in [4.78, 5) is 21.2. The van der Waals surface area contributed by atoms with E-state index in [1.165, 1.54) is 7.11 Å². The van der Waals surface area contributed by atoms with E-state index in [2.05, 4.69) is 9.47 Å². The van der Waals surface area contributed by atoms with Crippen molar-refractivity contribution in [2.24, 2.45) is 0 Å². The van der Waals surface area contributed by atoms with Crippen molar-refractivity contribution in [2.75, 3.05) is 20.3 Å². The van der Waals surface area contributed by atoms with Crippen LogP contribution in [0, 0.1) is 0 Å². The minimum atomic E-state index is -0.626. The Morgan fingerprint density at radius 1 is 1.31 bits per heavy atom. The third-order valence-corrected chi connectivity index (χ3v) is 1.10. The number of ether oxygens (including phenoxy) is 2. The molecule has 0 bridgehead atoms. The van der Waals surface area contributed by atoms with E-state index in [0.29, 0.717) is 6.42 Å². The fraction of sp³-hybridized carbons (Fsp3) is 0.500. The molecule has 74 valence electrons. The van der Waals surface area contributed by atoms with E-state index >= 15 is 0 Å². The average Bonchev–Trinajstić information content (AvgIpc) is 2.14. The standard InChI is InChI=1S/C8H12O5/c1-12-7(10)3-4-8(11)13-6-2-5-9/h3-4,9H,2,5-6H2,1H3/b4-3+. The quantitative estimate of drug-likeness (QED) is 0.362. The van der Waals surface area contributed by atoms with Gasteiger partial charge in [0, 0.05) is 25.2 Å². The molecule has 1 N–H and O–H groups in total. The molecule has 5 heteroatoms. The van der Waals surface area contributed by atoms with Gasteiger partial charge in [-0.25, -0.2) is 9.59 Å². The summed E-state index contributed by atoms with van der Waals surface area (Å²) in [7, 11) is 1.21. The van der Waals surface area contributed by atoms with E-state index < -0.39 is 11.9 Å². The van der Waals surface area contributed by atoms with Crippen molar-refractivity contribution in [1.82, 2.24) is 0 Å². The first-order valence-electron chi connectivity index (χ1n) is 3.74. The predicted octanol–water partition coefficient (Wildman–Crippen LogP) is -0.359. The first-order chi connectivity index (χ1) is 6.20. The van der Waals surface area contributed by atoms with Crippen LogP contribution in [0.5, 0.6) is 0 Å². The Hall–Kier alpha value is -1.36. The topological polar surface area (TPSA) is 72.8 Å². The van der Waals surface area contributed by atoms with Gasteiger partial charge in [-0.1, -0.05) is 0 Å². The Kier molecular flexibility index (Phi) is 6.53. The van der Waals surface area contributed by atoms with Gasteiger partial charge in [-0.15, -0.1) is 0 Å². The Morgan fingerprint density at radius 3 is 2.46 bits per heavy atom. The summed E-state index contributed by atoms with van der Waals surface area (Å²) in [6, 6.07) is 0. The van der Waals surface area contributed by atoms with Crippen molar-refractivity contribution < 1.29 is 24.2 Å². The van der Waals surface area contributed by atoms with Crippen LogP contribution in [0.3, 0.4) is 0 Å². The first-order valence-corrected chi connectivity index (χ1v) is 3.74. The van der Waals surface area contributed by atoms with Crippen LogP contribution in [0.25, 0.3) is 0 Å². The van der Waals surface area contributed by atoms with Crippen LogP contribution in [0.15, 0.2) is 12.2 Å². The monoisotopic (exact) mass is 188 g/mol. The molecule has 0 saturated heterocycles. The van der Waals surface area contributed by atoms with Crippen LogP contribution >= 0.6 is 0 Å². The summed E-state index contributed by atoms with van der Waals surface area (Å²) in [5.41, 5.74) is 0. The molecule has 0 unspecified atom stereocenters. The average molecular weight is 188 g/mol. The number of carbonyl (C=O) groups is 2. The summed E-state index contributed by atoms with van der Waals surface area (Å²) in [5.74, 6) is -1.24. The molecule has 0 aliphatic carbocycles. The molecule has 0 atom stereocenters. The Balaban J connectivity index is 3.61. The van der Waals surface area contributed by atoms with Gasteiger partial charge in [0.15, 0.2) is 0 Å². The molecule has 0 radical (unpaired) electrons. The molecule has 0 fully saturated rings. The second kappa shape index (κ2) is 7.30. The summed E-state index contributed by atoms with van der Waals surface area (Å²) in [5, 5.41) is 8.35. The van der Waals surface area contributed by atoms with Crippen molar-refractivity contribution in [2.45, 2.75) is 6.42 Å². The Bertz CT molecular complexity index is 197. The highest BCUT2D eigenvalue weighted by Crippen LogP contribution is 1.86. The maximum atomic E-state index is 10.7. The van der Waals surface area contributed by atoms with E-state index in [-0.39, 0.29) is 13.2 Å².